The van der Waals surface area contributed by atoms with Crippen LogP contribution in [0, 0.1) is 13.8 Å². The van der Waals surface area contributed by atoms with E-state index in [2.05, 4.69) is 0 Å². The molecule has 1 amide bonds. The molecule has 0 aliphatic carbocycles. The lowest BCUT2D eigenvalue weighted by molar-refractivity contribution is -0.121. The topological polar surface area (TPSA) is 64.8 Å². The monoisotopic (exact) mass is 278 g/mol. The highest BCUT2D eigenvalue weighted by molar-refractivity contribution is 5.75. The first-order valence-corrected chi connectivity index (χ1v) is 6.87. The minimum Gasteiger partial charge on any atom is -0.490 e. The Balaban J connectivity index is 1.89. The van der Waals surface area contributed by atoms with Crippen molar-refractivity contribution in [1.82, 2.24) is 4.90 Å². The number of rotatable bonds is 5. The molecule has 2 N–H and O–H groups in total. The predicted molar refractivity (Wildman–Crippen MR) is 76.8 cm³/mol. The summed E-state index contributed by atoms with van der Waals surface area (Å²) < 4.78 is 11.6. The van der Waals surface area contributed by atoms with Gasteiger partial charge in [-0.3, -0.25) is 9.69 Å². The average Bonchev–Trinajstić information content (AvgIpc) is 2.38. The summed E-state index contributed by atoms with van der Waals surface area (Å²) in [6.45, 7) is 6.85. The number of nitrogens with two attached hydrogens (primary N) is 1. The molecule has 5 nitrogen and oxygen atoms in total. The van der Waals surface area contributed by atoms with Crippen LogP contribution < -0.4 is 10.5 Å². The maximum absolute atomic E-state index is 11.0. The second-order valence-corrected chi connectivity index (χ2v) is 5.23. The van der Waals surface area contributed by atoms with Crippen LogP contribution in [0.5, 0.6) is 5.75 Å². The molecule has 1 aromatic rings. The quantitative estimate of drug-likeness (QED) is 0.868. The van der Waals surface area contributed by atoms with Crippen molar-refractivity contribution in [1.29, 1.82) is 0 Å². The summed E-state index contributed by atoms with van der Waals surface area (Å²) in [4.78, 5) is 13.0. The number of aryl methyl sites for hydroxylation is 2. The Morgan fingerprint density at radius 3 is 2.80 bits per heavy atom. The van der Waals surface area contributed by atoms with E-state index in [1.54, 1.807) is 0 Å². The van der Waals surface area contributed by atoms with Gasteiger partial charge in [-0.15, -0.1) is 0 Å². The molecule has 0 saturated carbocycles. The number of ether oxygens (including phenoxy) is 2. The van der Waals surface area contributed by atoms with Gasteiger partial charge in [-0.25, -0.2) is 0 Å². The number of carbonyl (C=O) groups is 1. The number of morpholine rings is 1. The van der Waals surface area contributed by atoms with E-state index in [-0.39, 0.29) is 18.6 Å². The lowest BCUT2D eigenvalue weighted by Crippen LogP contribution is -2.47. The smallest absolute Gasteiger partial charge is 0.231 e. The summed E-state index contributed by atoms with van der Waals surface area (Å²) in [6, 6.07) is 6.08. The van der Waals surface area contributed by atoms with Gasteiger partial charge in [0.1, 0.15) is 18.5 Å². The summed E-state index contributed by atoms with van der Waals surface area (Å²) in [5.74, 6) is 0.615. The molecule has 1 saturated heterocycles. The van der Waals surface area contributed by atoms with Gasteiger partial charge in [0.25, 0.3) is 0 Å². The summed E-state index contributed by atoms with van der Waals surface area (Å²) >= 11 is 0. The van der Waals surface area contributed by atoms with E-state index in [1.807, 2.05) is 36.9 Å². The van der Waals surface area contributed by atoms with Crippen LogP contribution in [0.2, 0.25) is 0 Å². The fourth-order valence-electron chi connectivity index (χ4n) is 2.45. The number of benzene rings is 1. The molecule has 5 heteroatoms. The van der Waals surface area contributed by atoms with Crippen LogP contribution in [-0.2, 0) is 9.53 Å². The zero-order valence-electron chi connectivity index (χ0n) is 12.1. The summed E-state index contributed by atoms with van der Waals surface area (Å²) in [5, 5.41) is 0. The van der Waals surface area contributed by atoms with Crippen molar-refractivity contribution >= 4 is 5.91 Å². The molecule has 0 unspecified atom stereocenters. The Bertz CT molecular complexity index is 456. The molecule has 0 radical (unpaired) electrons. The summed E-state index contributed by atoms with van der Waals surface area (Å²) in [6.07, 6.45) is -0.0258. The molecule has 2 rings (SSSR count). The number of carbonyl (C=O) groups excluding carboxylic acids is 1. The summed E-state index contributed by atoms with van der Waals surface area (Å²) in [5.41, 5.74) is 7.46. The van der Waals surface area contributed by atoms with Crippen LogP contribution >= 0.6 is 0 Å². The van der Waals surface area contributed by atoms with Crippen LogP contribution in [0.25, 0.3) is 0 Å². The SMILES string of the molecule is Cc1cccc(C)c1OC[C@@H]1CN(CC(N)=O)CCO1. The first-order chi connectivity index (χ1) is 9.56. The Kier molecular flexibility index (Phi) is 4.98. The maximum Gasteiger partial charge on any atom is 0.231 e. The van der Waals surface area contributed by atoms with Gasteiger partial charge in [0, 0.05) is 13.1 Å². The fraction of sp³-hybridized carbons (Fsp3) is 0.533. The Hall–Kier alpha value is -1.59. The number of primary amides is 1. The highest BCUT2D eigenvalue weighted by atomic mass is 16.5. The normalized spacial score (nSPS) is 19.8. The summed E-state index contributed by atoms with van der Waals surface area (Å²) in [7, 11) is 0. The third kappa shape index (κ3) is 3.95. The van der Waals surface area contributed by atoms with Crippen molar-refractivity contribution in [2.75, 3.05) is 32.8 Å². The Morgan fingerprint density at radius 1 is 1.45 bits per heavy atom. The lowest BCUT2D eigenvalue weighted by Gasteiger charge is -2.32. The van der Waals surface area contributed by atoms with Crippen molar-refractivity contribution in [3.8, 4) is 5.75 Å². The maximum atomic E-state index is 11.0. The highest BCUT2D eigenvalue weighted by Crippen LogP contribution is 2.22. The van der Waals surface area contributed by atoms with Crippen molar-refractivity contribution < 1.29 is 14.3 Å². The average molecular weight is 278 g/mol. The number of para-hydroxylation sites is 1. The second kappa shape index (κ2) is 6.72. The van der Waals surface area contributed by atoms with E-state index in [9.17, 15) is 4.79 Å². The molecular weight excluding hydrogens is 256 g/mol. The van der Waals surface area contributed by atoms with E-state index in [4.69, 9.17) is 15.2 Å². The zero-order valence-corrected chi connectivity index (χ0v) is 12.1. The van der Waals surface area contributed by atoms with Crippen LogP contribution in [-0.4, -0.2) is 49.8 Å². The van der Waals surface area contributed by atoms with Crippen molar-refractivity contribution in [2.24, 2.45) is 5.73 Å². The van der Waals surface area contributed by atoms with E-state index in [0.29, 0.717) is 19.8 Å². The van der Waals surface area contributed by atoms with Crippen molar-refractivity contribution in [3.05, 3.63) is 29.3 Å². The molecule has 1 heterocycles. The Labute approximate surface area is 119 Å². The predicted octanol–water partition coefficient (Wildman–Crippen LogP) is 0.868. The van der Waals surface area contributed by atoms with Gasteiger partial charge in [0.05, 0.1) is 13.2 Å². The molecular formula is C15H22N2O3. The van der Waals surface area contributed by atoms with E-state index < -0.39 is 0 Å². The molecule has 1 aliphatic heterocycles. The van der Waals surface area contributed by atoms with Crippen LogP contribution in [0.1, 0.15) is 11.1 Å². The van der Waals surface area contributed by atoms with Crippen LogP contribution in [0.3, 0.4) is 0 Å². The van der Waals surface area contributed by atoms with Gasteiger partial charge in [0.2, 0.25) is 5.91 Å². The fourth-order valence-corrected chi connectivity index (χ4v) is 2.45. The number of hydrogen-bond acceptors (Lipinski definition) is 4. The molecule has 0 spiro atoms. The minimum absolute atomic E-state index is 0.0258. The molecule has 0 bridgehead atoms. The highest BCUT2D eigenvalue weighted by Gasteiger charge is 2.22. The van der Waals surface area contributed by atoms with Gasteiger partial charge >= 0.3 is 0 Å². The van der Waals surface area contributed by atoms with Gasteiger partial charge in [0.15, 0.2) is 0 Å². The molecule has 20 heavy (non-hydrogen) atoms. The standard InChI is InChI=1S/C15H22N2O3/c1-11-4-3-5-12(2)15(11)20-10-13-8-17(6-7-19-13)9-14(16)18/h3-5,13H,6-10H2,1-2H3,(H2,16,18)/t13-/m0/s1. The minimum atomic E-state index is -0.304. The third-order valence-corrected chi connectivity index (χ3v) is 3.42. The van der Waals surface area contributed by atoms with Gasteiger partial charge in [-0.2, -0.15) is 0 Å². The number of nitrogens with zero attached hydrogens (tertiary/aromatic N) is 1. The lowest BCUT2D eigenvalue weighted by atomic mass is 10.1. The molecule has 1 aromatic carbocycles. The van der Waals surface area contributed by atoms with E-state index in [0.717, 1.165) is 23.4 Å². The van der Waals surface area contributed by atoms with Crippen LogP contribution in [0.15, 0.2) is 18.2 Å². The first kappa shape index (κ1) is 14.8. The van der Waals surface area contributed by atoms with Gasteiger partial charge < -0.3 is 15.2 Å². The number of hydrogen-bond donors (Lipinski definition) is 1. The molecule has 1 atom stereocenters. The Morgan fingerprint density at radius 2 is 2.15 bits per heavy atom. The molecule has 1 aliphatic rings. The van der Waals surface area contributed by atoms with Gasteiger partial charge in [-0.1, -0.05) is 18.2 Å². The third-order valence-electron chi connectivity index (χ3n) is 3.42. The second-order valence-electron chi connectivity index (χ2n) is 5.23. The van der Waals surface area contributed by atoms with E-state index in [1.165, 1.54) is 0 Å². The van der Waals surface area contributed by atoms with Crippen molar-refractivity contribution in [2.45, 2.75) is 20.0 Å². The molecule has 1 fully saturated rings. The molecule has 110 valence electrons. The molecule has 0 aromatic heterocycles. The first-order valence-electron chi connectivity index (χ1n) is 6.87. The van der Waals surface area contributed by atoms with Crippen molar-refractivity contribution in [3.63, 3.8) is 0 Å². The van der Waals surface area contributed by atoms with Gasteiger partial charge in [-0.05, 0) is 25.0 Å². The van der Waals surface area contributed by atoms with E-state index >= 15 is 0 Å². The van der Waals surface area contributed by atoms with Crippen LogP contribution in [0.4, 0.5) is 0 Å². The number of amides is 1. The largest absolute Gasteiger partial charge is 0.490 e. The zero-order chi connectivity index (χ0) is 14.5.